The maximum absolute atomic E-state index is 9.04. The molecule has 0 saturated carbocycles. The Morgan fingerprint density at radius 2 is 2.25 bits per heavy atom. The first-order valence-corrected chi connectivity index (χ1v) is 5.88. The molecular weight excluding hydrogens is 202 g/mol. The Hall–Kier alpha value is -0.900. The van der Waals surface area contributed by atoms with Gasteiger partial charge in [0.2, 0.25) is 0 Å². The monoisotopic (exact) mass is 221 g/mol. The Kier molecular flexibility index (Phi) is 4.34. The molecule has 3 heteroatoms. The van der Waals surface area contributed by atoms with Gasteiger partial charge >= 0.3 is 0 Å². The van der Waals surface area contributed by atoms with Crippen LogP contribution in [-0.4, -0.2) is 24.4 Å². The molecule has 1 unspecified atom stereocenters. The highest BCUT2D eigenvalue weighted by molar-refractivity contribution is 5.22. The summed E-state index contributed by atoms with van der Waals surface area (Å²) >= 11 is 0. The minimum atomic E-state index is 0.111. The Labute approximate surface area is 96.4 Å². The molecule has 1 atom stereocenters. The van der Waals surface area contributed by atoms with E-state index < -0.39 is 0 Å². The van der Waals surface area contributed by atoms with Crippen LogP contribution < -0.4 is 5.32 Å². The van der Waals surface area contributed by atoms with Gasteiger partial charge in [0.05, 0.1) is 13.2 Å². The van der Waals surface area contributed by atoms with Crippen LogP contribution in [0.1, 0.15) is 24.0 Å². The lowest BCUT2D eigenvalue weighted by Gasteiger charge is -2.23. The predicted molar refractivity (Wildman–Crippen MR) is 63.0 cm³/mol. The highest BCUT2D eigenvalue weighted by Crippen LogP contribution is 2.09. The zero-order valence-corrected chi connectivity index (χ0v) is 9.48. The molecule has 0 bridgehead atoms. The van der Waals surface area contributed by atoms with Crippen molar-refractivity contribution < 1.29 is 9.84 Å². The van der Waals surface area contributed by atoms with E-state index in [9.17, 15) is 0 Å². The van der Waals surface area contributed by atoms with Gasteiger partial charge in [0.15, 0.2) is 0 Å². The summed E-state index contributed by atoms with van der Waals surface area (Å²) in [6.45, 7) is 2.68. The zero-order valence-electron chi connectivity index (χ0n) is 9.48. The number of hydrogen-bond donors (Lipinski definition) is 2. The maximum atomic E-state index is 9.04. The Morgan fingerprint density at radius 3 is 3.00 bits per heavy atom. The van der Waals surface area contributed by atoms with Crippen molar-refractivity contribution in [1.82, 2.24) is 5.32 Å². The highest BCUT2D eigenvalue weighted by Gasteiger charge is 2.12. The normalized spacial score (nSPS) is 20.9. The lowest BCUT2D eigenvalue weighted by molar-refractivity contribution is 0.0699. The molecule has 0 radical (unpaired) electrons. The van der Waals surface area contributed by atoms with Crippen molar-refractivity contribution in [3.05, 3.63) is 35.4 Å². The first-order chi connectivity index (χ1) is 7.88. The fraction of sp³-hybridized carbons (Fsp3) is 0.538. The summed E-state index contributed by atoms with van der Waals surface area (Å²) in [7, 11) is 0. The molecule has 1 aromatic rings. The number of benzene rings is 1. The van der Waals surface area contributed by atoms with Gasteiger partial charge in [-0.3, -0.25) is 0 Å². The lowest BCUT2D eigenvalue weighted by Crippen LogP contribution is -2.36. The van der Waals surface area contributed by atoms with Gasteiger partial charge in [0, 0.05) is 19.2 Å². The largest absolute Gasteiger partial charge is 0.392 e. The molecule has 1 aliphatic rings. The van der Waals surface area contributed by atoms with Gasteiger partial charge in [-0.25, -0.2) is 0 Å². The van der Waals surface area contributed by atoms with E-state index in [4.69, 9.17) is 9.84 Å². The molecule has 1 fully saturated rings. The molecule has 16 heavy (non-hydrogen) atoms. The van der Waals surface area contributed by atoms with Gasteiger partial charge < -0.3 is 15.2 Å². The van der Waals surface area contributed by atoms with Crippen LogP contribution in [0.3, 0.4) is 0 Å². The van der Waals surface area contributed by atoms with E-state index in [-0.39, 0.29) is 6.61 Å². The zero-order chi connectivity index (χ0) is 11.2. The third-order valence-electron chi connectivity index (χ3n) is 2.93. The number of aliphatic hydroxyl groups is 1. The molecule has 1 heterocycles. The molecule has 0 spiro atoms. The number of rotatable bonds is 4. The van der Waals surface area contributed by atoms with E-state index in [1.165, 1.54) is 12.0 Å². The Morgan fingerprint density at radius 1 is 1.38 bits per heavy atom. The van der Waals surface area contributed by atoms with Crippen LogP contribution in [0.25, 0.3) is 0 Å². The van der Waals surface area contributed by atoms with Gasteiger partial charge in [-0.05, 0) is 24.0 Å². The number of aliphatic hydroxyl groups excluding tert-OH is 1. The number of nitrogens with one attached hydrogen (secondary N) is 1. The van der Waals surface area contributed by atoms with Gasteiger partial charge in [0.25, 0.3) is 0 Å². The minimum absolute atomic E-state index is 0.111. The third kappa shape index (κ3) is 3.30. The summed E-state index contributed by atoms with van der Waals surface area (Å²) in [5, 5.41) is 12.5. The van der Waals surface area contributed by atoms with E-state index in [0.717, 1.165) is 31.7 Å². The first kappa shape index (κ1) is 11.6. The SMILES string of the molecule is OCc1cccc(CNC2CCCOC2)c1. The van der Waals surface area contributed by atoms with Crippen LogP contribution in [0.15, 0.2) is 24.3 Å². The smallest absolute Gasteiger partial charge is 0.0681 e. The molecule has 3 nitrogen and oxygen atoms in total. The maximum Gasteiger partial charge on any atom is 0.0681 e. The van der Waals surface area contributed by atoms with Crippen LogP contribution in [-0.2, 0) is 17.9 Å². The average molecular weight is 221 g/mol. The van der Waals surface area contributed by atoms with Crippen molar-refractivity contribution in [2.24, 2.45) is 0 Å². The molecule has 2 N–H and O–H groups in total. The van der Waals surface area contributed by atoms with Gasteiger partial charge in [0.1, 0.15) is 0 Å². The summed E-state index contributed by atoms with van der Waals surface area (Å²) in [6.07, 6.45) is 2.34. The number of hydrogen-bond acceptors (Lipinski definition) is 3. The van der Waals surface area contributed by atoms with Crippen molar-refractivity contribution in [3.63, 3.8) is 0 Å². The molecule has 0 aromatic heterocycles. The Bertz CT molecular complexity index is 321. The van der Waals surface area contributed by atoms with Gasteiger partial charge in [-0.2, -0.15) is 0 Å². The summed E-state index contributed by atoms with van der Waals surface area (Å²) < 4.78 is 5.41. The molecule has 88 valence electrons. The second kappa shape index (κ2) is 5.99. The van der Waals surface area contributed by atoms with Crippen molar-refractivity contribution in [2.45, 2.75) is 32.0 Å². The van der Waals surface area contributed by atoms with Crippen LogP contribution in [0.5, 0.6) is 0 Å². The second-order valence-corrected chi connectivity index (χ2v) is 4.27. The molecule has 1 aromatic carbocycles. The van der Waals surface area contributed by atoms with Crippen molar-refractivity contribution >= 4 is 0 Å². The van der Waals surface area contributed by atoms with Crippen LogP contribution >= 0.6 is 0 Å². The van der Waals surface area contributed by atoms with Gasteiger partial charge in [-0.1, -0.05) is 24.3 Å². The second-order valence-electron chi connectivity index (χ2n) is 4.27. The van der Waals surface area contributed by atoms with Crippen LogP contribution in [0.2, 0.25) is 0 Å². The van der Waals surface area contributed by atoms with E-state index in [2.05, 4.69) is 11.4 Å². The Balaban J connectivity index is 1.83. The number of ether oxygens (including phenoxy) is 1. The topological polar surface area (TPSA) is 41.5 Å². The molecule has 0 amide bonds. The fourth-order valence-electron chi connectivity index (χ4n) is 2.00. The first-order valence-electron chi connectivity index (χ1n) is 5.88. The lowest BCUT2D eigenvalue weighted by atomic mass is 10.1. The summed E-state index contributed by atoms with van der Waals surface area (Å²) in [5.74, 6) is 0. The quantitative estimate of drug-likeness (QED) is 0.808. The molecular formula is C13H19NO2. The average Bonchev–Trinajstić information content (AvgIpc) is 2.38. The van der Waals surface area contributed by atoms with Gasteiger partial charge in [-0.15, -0.1) is 0 Å². The fourth-order valence-corrected chi connectivity index (χ4v) is 2.00. The van der Waals surface area contributed by atoms with E-state index in [0.29, 0.717) is 6.04 Å². The molecule has 2 rings (SSSR count). The molecule has 1 saturated heterocycles. The van der Waals surface area contributed by atoms with Crippen LogP contribution in [0, 0.1) is 0 Å². The van der Waals surface area contributed by atoms with Crippen LogP contribution in [0.4, 0.5) is 0 Å². The summed E-state index contributed by atoms with van der Waals surface area (Å²) in [4.78, 5) is 0. The third-order valence-corrected chi connectivity index (χ3v) is 2.93. The summed E-state index contributed by atoms with van der Waals surface area (Å²) in [6, 6.07) is 8.52. The molecule has 0 aliphatic carbocycles. The molecule has 1 aliphatic heterocycles. The van der Waals surface area contributed by atoms with E-state index in [1.807, 2.05) is 18.2 Å². The standard InChI is InChI=1S/C13H19NO2/c15-9-12-4-1-3-11(7-12)8-14-13-5-2-6-16-10-13/h1,3-4,7,13-15H,2,5-6,8-10H2. The van der Waals surface area contributed by atoms with E-state index >= 15 is 0 Å². The van der Waals surface area contributed by atoms with E-state index in [1.54, 1.807) is 0 Å². The van der Waals surface area contributed by atoms with Crippen molar-refractivity contribution in [2.75, 3.05) is 13.2 Å². The summed E-state index contributed by atoms with van der Waals surface area (Å²) in [5.41, 5.74) is 2.19. The highest BCUT2D eigenvalue weighted by atomic mass is 16.5. The minimum Gasteiger partial charge on any atom is -0.392 e. The predicted octanol–water partition coefficient (Wildman–Crippen LogP) is 1.45. The van der Waals surface area contributed by atoms with Crippen molar-refractivity contribution in [1.29, 1.82) is 0 Å². The van der Waals surface area contributed by atoms with Crippen molar-refractivity contribution in [3.8, 4) is 0 Å².